The Bertz CT molecular complexity index is 1580. The number of hydrogen-bond donors (Lipinski definition) is 7. The van der Waals surface area contributed by atoms with Gasteiger partial charge in [0.2, 0.25) is 35.4 Å². The standard InChI is InChI=1S/C41H64N10O6/c42-29-17-8-3-1-2-4-11-23-45-35(53)32-19-13-25-50(32)37(55)30(18-12-24-46-40(43)44)48-39(57)41(21-9-10-22-41)49-36(54)33-20-14-26-51(33)38(56)31(47-34(29)52)27-28-15-6-5-7-16-28/h5-7,15-16,29-33H,1-4,8-14,17-27,42H2,(H,45,53)(H,47,52)(H,48,57)(H,49,54)(H4,43,44,46)/t29-,30-,31-,32-,33-/m0/s1. The molecule has 0 unspecified atom stereocenters. The minimum absolute atomic E-state index is 0.0780. The molecular formula is C41H64N10O6. The Balaban J connectivity index is 1.40. The summed E-state index contributed by atoms with van der Waals surface area (Å²) in [6, 6.07) is 5.19. The lowest BCUT2D eigenvalue weighted by atomic mass is 9.94. The van der Waals surface area contributed by atoms with Crippen LogP contribution in [0.2, 0.25) is 0 Å². The summed E-state index contributed by atoms with van der Waals surface area (Å²) in [5.41, 5.74) is 17.0. The monoisotopic (exact) mass is 793 g/mol. The van der Waals surface area contributed by atoms with E-state index < -0.39 is 53.5 Å². The third-order valence-corrected chi connectivity index (χ3v) is 12.0. The highest BCUT2D eigenvalue weighted by Gasteiger charge is 2.47. The molecule has 16 heteroatoms. The number of carbonyl (C=O) groups is 6. The number of nitrogens with two attached hydrogens (primary N) is 3. The molecule has 4 aliphatic rings. The number of benzene rings is 1. The van der Waals surface area contributed by atoms with Gasteiger partial charge in [-0.2, -0.15) is 0 Å². The Hall–Kier alpha value is -4.73. The second-order valence-corrected chi connectivity index (χ2v) is 16.2. The maximum absolute atomic E-state index is 14.4. The van der Waals surface area contributed by atoms with Crippen molar-refractivity contribution >= 4 is 41.4 Å². The normalized spacial score (nSPS) is 27.6. The molecule has 3 saturated heterocycles. The molecule has 0 radical (unpaired) electrons. The molecule has 1 spiro atoms. The summed E-state index contributed by atoms with van der Waals surface area (Å²) in [5, 5.41) is 12.0. The highest BCUT2D eigenvalue weighted by atomic mass is 16.2. The van der Waals surface area contributed by atoms with Gasteiger partial charge in [-0.25, -0.2) is 0 Å². The number of fused-ring (bicyclic) bond motifs is 2. The molecule has 0 bridgehead atoms. The van der Waals surface area contributed by atoms with Gasteiger partial charge in [-0.1, -0.05) is 75.3 Å². The zero-order valence-corrected chi connectivity index (χ0v) is 33.4. The smallest absolute Gasteiger partial charge is 0.246 e. The van der Waals surface area contributed by atoms with Crippen molar-refractivity contribution in [1.82, 2.24) is 31.1 Å². The molecular weight excluding hydrogens is 729 g/mol. The number of guanidine groups is 1. The molecule has 1 aliphatic carbocycles. The summed E-state index contributed by atoms with van der Waals surface area (Å²) in [5.74, 6) is -2.36. The van der Waals surface area contributed by atoms with E-state index in [1.807, 2.05) is 30.3 Å². The van der Waals surface area contributed by atoms with Crippen molar-refractivity contribution < 1.29 is 28.8 Å². The van der Waals surface area contributed by atoms with Gasteiger partial charge in [-0.05, 0) is 69.8 Å². The molecule has 3 heterocycles. The minimum atomic E-state index is -1.30. The molecule has 3 aliphatic heterocycles. The molecule has 5 atom stereocenters. The number of nitrogens with one attached hydrogen (secondary N) is 4. The van der Waals surface area contributed by atoms with Crippen LogP contribution in [0.15, 0.2) is 35.3 Å². The van der Waals surface area contributed by atoms with Crippen LogP contribution in [0.5, 0.6) is 0 Å². The lowest BCUT2D eigenvalue weighted by Crippen LogP contribution is -2.64. The molecule has 1 aromatic carbocycles. The number of carbonyl (C=O) groups excluding carboxylic acids is 6. The molecule has 314 valence electrons. The summed E-state index contributed by atoms with van der Waals surface area (Å²) in [6.45, 7) is 1.45. The first-order chi connectivity index (χ1) is 27.5. The molecule has 6 amide bonds. The van der Waals surface area contributed by atoms with E-state index in [9.17, 15) is 28.8 Å². The summed E-state index contributed by atoms with van der Waals surface area (Å²) in [6.07, 6.45) is 10.8. The van der Waals surface area contributed by atoms with Gasteiger partial charge >= 0.3 is 0 Å². The predicted octanol–water partition coefficient (Wildman–Crippen LogP) is 0.851. The molecule has 1 aromatic rings. The number of rotatable bonds is 6. The van der Waals surface area contributed by atoms with E-state index >= 15 is 0 Å². The zero-order chi connectivity index (χ0) is 40.8. The first kappa shape index (κ1) is 43.4. The largest absolute Gasteiger partial charge is 0.370 e. The first-order valence-corrected chi connectivity index (χ1v) is 21.2. The van der Waals surface area contributed by atoms with Crippen LogP contribution >= 0.6 is 0 Å². The van der Waals surface area contributed by atoms with Crippen LogP contribution in [0.1, 0.15) is 115 Å². The Morgan fingerprint density at radius 3 is 1.98 bits per heavy atom. The molecule has 57 heavy (non-hydrogen) atoms. The molecule has 10 N–H and O–H groups in total. The zero-order valence-electron chi connectivity index (χ0n) is 33.4. The van der Waals surface area contributed by atoms with Gasteiger partial charge in [0.1, 0.15) is 29.7 Å². The topological polar surface area (TPSA) is 247 Å². The van der Waals surface area contributed by atoms with E-state index in [0.29, 0.717) is 83.8 Å². The van der Waals surface area contributed by atoms with Gasteiger partial charge in [0.05, 0.1) is 6.04 Å². The van der Waals surface area contributed by atoms with Gasteiger partial charge in [0.15, 0.2) is 5.96 Å². The van der Waals surface area contributed by atoms with Crippen LogP contribution in [-0.2, 0) is 35.2 Å². The van der Waals surface area contributed by atoms with Crippen molar-refractivity contribution in [3.05, 3.63) is 35.9 Å². The van der Waals surface area contributed by atoms with E-state index in [1.165, 1.54) is 4.90 Å². The van der Waals surface area contributed by atoms with Crippen LogP contribution in [-0.4, -0.2) is 113 Å². The summed E-state index contributed by atoms with van der Waals surface area (Å²) >= 11 is 0. The van der Waals surface area contributed by atoms with Crippen molar-refractivity contribution in [2.24, 2.45) is 22.2 Å². The molecule has 4 fully saturated rings. The second kappa shape index (κ2) is 21.1. The number of aliphatic imine (C=N–C) groups is 1. The fourth-order valence-corrected chi connectivity index (χ4v) is 8.76. The fraction of sp³-hybridized carbons (Fsp3) is 0.683. The second-order valence-electron chi connectivity index (χ2n) is 16.2. The van der Waals surface area contributed by atoms with Gasteiger partial charge in [-0.15, -0.1) is 0 Å². The SMILES string of the molecule is NC(N)=NCCC[C@@H]1NC(=O)C2(CCCC2)NC(=O)[C@@H]2CCCN2C(=O)[C@H](Cc2ccccc2)NC(=O)[C@@H](N)CCCCCCCCNC(=O)[C@@H]2CCCN2C1=O. The van der Waals surface area contributed by atoms with Gasteiger partial charge in [0, 0.05) is 32.6 Å². The Morgan fingerprint density at radius 2 is 1.32 bits per heavy atom. The van der Waals surface area contributed by atoms with Crippen LogP contribution in [0.25, 0.3) is 0 Å². The fourth-order valence-electron chi connectivity index (χ4n) is 8.76. The average molecular weight is 793 g/mol. The van der Waals surface area contributed by atoms with Gasteiger partial charge < -0.3 is 48.3 Å². The predicted molar refractivity (Wildman–Crippen MR) is 216 cm³/mol. The molecule has 16 nitrogen and oxygen atoms in total. The minimum Gasteiger partial charge on any atom is -0.370 e. The van der Waals surface area contributed by atoms with E-state index in [0.717, 1.165) is 44.1 Å². The highest BCUT2D eigenvalue weighted by Crippen LogP contribution is 2.32. The number of nitrogens with zero attached hydrogens (tertiary/aromatic N) is 3. The summed E-state index contributed by atoms with van der Waals surface area (Å²) in [4.78, 5) is 91.2. The van der Waals surface area contributed by atoms with Crippen LogP contribution in [0.3, 0.4) is 0 Å². The van der Waals surface area contributed by atoms with Crippen molar-refractivity contribution in [3.63, 3.8) is 0 Å². The third kappa shape index (κ3) is 11.9. The molecule has 5 rings (SSSR count). The van der Waals surface area contributed by atoms with Crippen molar-refractivity contribution in [2.45, 2.75) is 151 Å². The van der Waals surface area contributed by atoms with Crippen LogP contribution < -0.4 is 38.5 Å². The Morgan fingerprint density at radius 1 is 0.702 bits per heavy atom. The lowest BCUT2D eigenvalue weighted by molar-refractivity contribution is -0.144. The lowest BCUT2D eigenvalue weighted by Gasteiger charge is -2.35. The highest BCUT2D eigenvalue weighted by molar-refractivity contribution is 5.99. The first-order valence-electron chi connectivity index (χ1n) is 21.2. The van der Waals surface area contributed by atoms with Crippen LogP contribution in [0, 0.1) is 0 Å². The third-order valence-electron chi connectivity index (χ3n) is 12.0. The van der Waals surface area contributed by atoms with Crippen molar-refractivity contribution in [1.29, 1.82) is 0 Å². The van der Waals surface area contributed by atoms with E-state index in [2.05, 4.69) is 26.3 Å². The van der Waals surface area contributed by atoms with Gasteiger partial charge in [0.25, 0.3) is 0 Å². The van der Waals surface area contributed by atoms with Crippen LogP contribution in [0.4, 0.5) is 0 Å². The van der Waals surface area contributed by atoms with Crippen molar-refractivity contribution in [2.75, 3.05) is 26.2 Å². The summed E-state index contributed by atoms with van der Waals surface area (Å²) < 4.78 is 0. The quantitative estimate of drug-likeness (QED) is 0.122. The molecule has 0 aromatic heterocycles. The van der Waals surface area contributed by atoms with E-state index in [4.69, 9.17) is 17.2 Å². The number of hydrogen-bond acceptors (Lipinski definition) is 8. The van der Waals surface area contributed by atoms with E-state index in [1.54, 1.807) is 4.90 Å². The average Bonchev–Trinajstić information content (AvgIpc) is 4.00. The Kier molecular flexibility index (Phi) is 16.1. The maximum atomic E-state index is 14.4. The Labute approximate surface area is 336 Å². The molecule has 1 saturated carbocycles. The summed E-state index contributed by atoms with van der Waals surface area (Å²) in [7, 11) is 0. The van der Waals surface area contributed by atoms with E-state index in [-0.39, 0.29) is 43.1 Å². The number of amides is 6. The maximum Gasteiger partial charge on any atom is 0.246 e. The van der Waals surface area contributed by atoms with Gasteiger partial charge in [-0.3, -0.25) is 33.8 Å². The van der Waals surface area contributed by atoms with Crippen molar-refractivity contribution in [3.8, 4) is 0 Å².